The van der Waals surface area contributed by atoms with Crippen LogP contribution in [-0.2, 0) is 13.5 Å². The second kappa shape index (κ2) is 4.41. The van der Waals surface area contributed by atoms with E-state index < -0.39 is 0 Å². The number of fused-ring (bicyclic) bond motifs is 1. The molecule has 1 aromatic heterocycles. The van der Waals surface area contributed by atoms with Gasteiger partial charge in [0.1, 0.15) is 5.75 Å². The van der Waals surface area contributed by atoms with Crippen LogP contribution in [0.5, 0.6) is 5.75 Å². The number of nitrogens with two attached hydrogens (primary N) is 1. The maximum atomic E-state index is 5.89. The molecule has 2 aromatic rings. The average molecular weight is 232 g/mol. The molecule has 0 spiro atoms. The van der Waals surface area contributed by atoms with Gasteiger partial charge in [0, 0.05) is 24.7 Å². The van der Waals surface area contributed by atoms with Gasteiger partial charge in [0.05, 0.1) is 12.6 Å². The first-order valence-corrected chi connectivity index (χ1v) is 5.91. The highest BCUT2D eigenvalue weighted by molar-refractivity contribution is 5.88. The van der Waals surface area contributed by atoms with E-state index in [0.717, 1.165) is 12.2 Å². The highest BCUT2D eigenvalue weighted by atomic mass is 16.5. The molecule has 1 atom stereocenters. The maximum Gasteiger partial charge on any atom is 0.119 e. The molecule has 1 unspecified atom stereocenters. The Hall–Kier alpha value is -1.48. The first-order chi connectivity index (χ1) is 8.02. The monoisotopic (exact) mass is 232 g/mol. The van der Waals surface area contributed by atoms with Crippen LogP contribution in [-0.4, -0.2) is 17.7 Å². The standard InChI is InChI=1S/C14H20N2O/c1-9-5-12(17-4)7-13-11(6-10(2)15)8-16(3)14(9)13/h5,7-8,10H,6,15H2,1-4H3. The van der Waals surface area contributed by atoms with Gasteiger partial charge < -0.3 is 15.0 Å². The van der Waals surface area contributed by atoms with Gasteiger partial charge in [-0.25, -0.2) is 0 Å². The Morgan fingerprint density at radius 1 is 1.41 bits per heavy atom. The van der Waals surface area contributed by atoms with Crippen LogP contribution in [0.25, 0.3) is 10.9 Å². The van der Waals surface area contributed by atoms with E-state index in [2.05, 4.69) is 36.9 Å². The number of rotatable bonds is 3. The molecule has 1 heterocycles. The summed E-state index contributed by atoms with van der Waals surface area (Å²) in [7, 11) is 3.78. The van der Waals surface area contributed by atoms with Crippen LogP contribution >= 0.6 is 0 Å². The van der Waals surface area contributed by atoms with E-state index in [1.165, 1.54) is 22.0 Å². The molecule has 1 aromatic carbocycles. The van der Waals surface area contributed by atoms with Crippen molar-refractivity contribution in [1.29, 1.82) is 0 Å². The van der Waals surface area contributed by atoms with Crippen molar-refractivity contribution in [3.63, 3.8) is 0 Å². The van der Waals surface area contributed by atoms with Crippen LogP contribution in [0.2, 0.25) is 0 Å². The molecular weight excluding hydrogens is 212 g/mol. The molecule has 0 saturated carbocycles. The number of nitrogens with zero attached hydrogens (tertiary/aromatic N) is 1. The van der Waals surface area contributed by atoms with Crippen LogP contribution < -0.4 is 10.5 Å². The normalized spacial score (nSPS) is 13.0. The van der Waals surface area contributed by atoms with Gasteiger partial charge in [-0.05, 0) is 43.5 Å². The number of ether oxygens (including phenoxy) is 1. The molecule has 0 bridgehead atoms. The molecule has 0 aliphatic carbocycles. The van der Waals surface area contributed by atoms with Gasteiger partial charge >= 0.3 is 0 Å². The third-order valence-corrected chi connectivity index (χ3v) is 3.10. The number of aromatic nitrogens is 1. The maximum absolute atomic E-state index is 5.89. The summed E-state index contributed by atoms with van der Waals surface area (Å²) in [4.78, 5) is 0. The van der Waals surface area contributed by atoms with E-state index in [9.17, 15) is 0 Å². The number of hydrogen-bond donors (Lipinski definition) is 1. The summed E-state index contributed by atoms with van der Waals surface area (Å²) in [6.45, 7) is 4.15. The predicted molar refractivity (Wildman–Crippen MR) is 71.6 cm³/mol. The molecular formula is C14H20N2O. The molecule has 2 rings (SSSR count). The Balaban J connectivity index is 2.66. The lowest BCUT2D eigenvalue weighted by molar-refractivity contribution is 0.415. The minimum atomic E-state index is 0.173. The van der Waals surface area contributed by atoms with Crippen molar-refractivity contribution in [2.45, 2.75) is 26.3 Å². The highest BCUT2D eigenvalue weighted by Gasteiger charge is 2.11. The second-order valence-electron chi connectivity index (χ2n) is 4.79. The van der Waals surface area contributed by atoms with Crippen molar-refractivity contribution in [2.75, 3.05) is 7.11 Å². The van der Waals surface area contributed by atoms with E-state index in [-0.39, 0.29) is 6.04 Å². The van der Waals surface area contributed by atoms with E-state index in [4.69, 9.17) is 10.5 Å². The summed E-state index contributed by atoms with van der Waals surface area (Å²) in [5.41, 5.74) is 9.68. The summed E-state index contributed by atoms with van der Waals surface area (Å²) in [5.74, 6) is 0.909. The van der Waals surface area contributed by atoms with Gasteiger partial charge in [0.15, 0.2) is 0 Å². The van der Waals surface area contributed by atoms with Gasteiger partial charge in [-0.1, -0.05) is 0 Å². The third-order valence-electron chi connectivity index (χ3n) is 3.10. The Morgan fingerprint density at radius 2 is 2.12 bits per heavy atom. The van der Waals surface area contributed by atoms with Crippen molar-refractivity contribution >= 4 is 10.9 Å². The number of hydrogen-bond acceptors (Lipinski definition) is 2. The lowest BCUT2D eigenvalue weighted by atomic mass is 10.0. The summed E-state index contributed by atoms with van der Waals surface area (Å²) in [6.07, 6.45) is 3.06. The fourth-order valence-electron chi connectivity index (χ4n) is 2.45. The van der Waals surface area contributed by atoms with Gasteiger partial charge in [0.25, 0.3) is 0 Å². The molecule has 3 heteroatoms. The van der Waals surface area contributed by atoms with Gasteiger partial charge in [-0.3, -0.25) is 0 Å². The van der Waals surface area contributed by atoms with Gasteiger partial charge in [-0.15, -0.1) is 0 Å². The van der Waals surface area contributed by atoms with E-state index in [1.807, 2.05) is 6.92 Å². The summed E-state index contributed by atoms with van der Waals surface area (Å²) < 4.78 is 7.50. The van der Waals surface area contributed by atoms with Crippen molar-refractivity contribution in [1.82, 2.24) is 4.57 Å². The average Bonchev–Trinajstić information content (AvgIpc) is 2.55. The zero-order valence-corrected chi connectivity index (χ0v) is 10.9. The Morgan fingerprint density at radius 3 is 2.71 bits per heavy atom. The third kappa shape index (κ3) is 2.15. The first kappa shape index (κ1) is 12.0. The fraction of sp³-hybridized carbons (Fsp3) is 0.429. The van der Waals surface area contributed by atoms with Crippen molar-refractivity contribution in [3.8, 4) is 5.75 Å². The Labute approximate surface area is 102 Å². The number of aryl methyl sites for hydroxylation is 2. The van der Waals surface area contributed by atoms with Gasteiger partial charge in [-0.2, -0.15) is 0 Å². The summed E-state index contributed by atoms with van der Waals surface area (Å²) >= 11 is 0. The van der Waals surface area contributed by atoms with Crippen molar-refractivity contribution in [2.24, 2.45) is 12.8 Å². The molecule has 3 nitrogen and oxygen atoms in total. The zero-order valence-electron chi connectivity index (χ0n) is 10.9. The number of benzene rings is 1. The lowest BCUT2D eigenvalue weighted by Gasteiger charge is -2.07. The fourth-order valence-corrected chi connectivity index (χ4v) is 2.45. The predicted octanol–water partition coefficient (Wildman–Crippen LogP) is 2.39. The summed E-state index contributed by atoms with van der Waals surface area (Å²) in [5, 5.41) is 1.25. The second-order valence-corrected chi connectivity index (χ2v) is 4.79. The Bertz CT molecular complexity index is 541. The number of methoxy groups -OCH3 is 1. The molecule has 0 radical (unpaired) electrons. The van der Waals surface area contributed by atoms with Crippen LogP contribution in [0, 0.1) is 6.92 Å². The summed E-state index contributed by atoms with van der Waals surface area (Å²) in [6, 6.07) is 4.34. The van der Waals surface area contributed by atoms with Gasteiger partial charge in [0.2, 0.25) is 0 Å². The van der Waals surface area contributed by atoms with Crippen LogP contribution in [0.1, 0.15) is 18.1 Å². The Kier molecular flexibility index (Phi) is 3.11. The molecule has 0 aliphatic rings. The van der Waals surface area contributed by atoms with Crippen LogP contribution in [0.4, 0.5) is 0 Å². The molecule has 0 aliphatic heterocycles. The smallest absolute Gasteiger partial charge is 0.119 e. The minimum absolute atomic E-state index is 0.173. The SMILES string of the molecule is COc1cc(C)c2c(c1)c(CC(C)N)cn2C. The quantitative estimate of drug-likeness (QED) is 0.882. The molecule has 0 amide bonds. The van der Waals surface area contributed by atoms with E-state index in [0.29, 0.717) is 0 Å². The topological polar surface area (TPSA) is 40.2 Å². The molecule has 2 N–H and O–H groups in total. The lowest BCUT2D eigenvalue weighted by Crippen LogP contribution is -2.17. The molecule has 92 valence electrons. The zero-order chi connectivity index (χ0) is 12.6. The van der Waals surface area contributed by atoms with Crippen LogP contribution in [0.15, 0.2) is 18.3 Å². The first-order valence-electron chi connectivity index (χ1n) is 5.91. The molecule has 17 heavy (non-hydrogen) atoms. The molecule has 0 fully saturated rings. The van der Waals surface area contributed by atoms with Crippen molar-refractivity contribution < 1.29 is 4.74 Å². The van der Waals surface area contributed by atoms with Crippen LogP contribution in [0.3, 0.4) is 0 Å². The highest BCUT2D eigenvalue weighted by Crippen LogP contribution is 2.29. The largest absolute Gasteiger partial charge is 0.497 e. The van der Waals surface area contributed by atoms with E-state index in [1.54, 1.807) is 7.11 Å². The van der Waals surface area contributed by atoms with Crippen molar-refractivity contribution in [3.05, 3.63) is 29.5 Å². The molecule has 0 saturated heterocycles. The van der Waals surface area contributed by atoms with E-state index >= 15 is 0 Å². The minimum Gasteiger partial charge on any atom is -0.497 e.